The van der Waals surface area contributed by atoms with E-state index in [4.69, 9.17) is 0 Å². The molecule has 0 aromatic carbocycles. The minimum Gasteiger partial charge on any atom is -0.877 e. The number of amides is 1. The van der Waals surface area contributed by atoms with Gasteiger partial charge in [0.1, 0.15) is 0 Å². The number of likely N-dealkylation sites (N-methyl/N-ethyl adjacent to an activating group) is 1. The second kappa shape index (κ2) is 3.90. The van der Waals surface area contributed by atoms with E-state index in [-0.39, 0.29) is 41.0 Å². The molecule has 0 aliphatic carbocycles. The van der Waals surface area contributed by atoms with Gasteiger partial charge in [0.05, 0.1) is 5.71 Å². The average Bonchev–Trinajstić information content (AvgIpc) is 2.09. The van der Waals surface area contributed by atoms with Crippen molar-refractivity contribution in [3.05, 3.63) is 11.8 Å². The Bertz CT molecular complexity index is 235. The minimum absolute atomic E-state index is 0. The van der Waals surface area contributed by atoms with Crippen LogP contribution in [0.5, 0.6) is 0 Å². The van der Waals surface area contributed by atoms with Crippen LogP contribution in [0.25, 0.3) is 0 Å². The zero-order valence-corrected chi connectivity index (χ0v) is 8.79. The molecule has 1 rings (SSSR count). The number of hydrogen-bond donors (Lipinski definition) is 0. The molecule has 1 aliphatic heterocycles. The van der Waals surface area contributed by atoms with Gasteiger partial charge in [-0.25, -0.2) is 5.01 Å². The number of nitrogens with zero attached hydrogens (tertiary/aromatic N) is 2. The second-order valence-electron chi connectivity index (χ2n) is 2.05. The van der Waals surface area contributed by atoms with E-state index in [2.05, 4.69) is 5.10 Å². The van der Waals surface area contributed by atoms with E-state index in [0.29, 0.717) is 12.0 Å². The molecule has 1 amide bonds. The van der Waals surface area contributed by atoms with Gasteiger partial charge in [-0.2, -0.15) is 5.10 Å². The van der Waals surface area contributed by atoms with Crippen LogP contribution in [0.3, 0.4) is 0 Å². The van der Waals surface area contributed by atoms with Crippen LogP contribution >= 0.6 is 0 Å². The monoisotopic (exact) mass is 162 g/mol. The topological polar surface area (TPSA) is 55.7 Å². The molecule has 0 N–H and O–H groups in total. The number of rotatable bonds is 0. The molecule has 5 heteroatoms. The summed E-state index contributed by atoms with van der Waals surface area (Å²) in [5, 5.41) is 15.1. The third-order valence-electron chi connectivity index (χ3n) is 1.33. The molecule has 0 radical (unpaired) electrons. The van der Waals surface area contributed by atoms with Crippen molar-refractivity contribution in [3.8, 4) is 0 Å². The van der Waals surface area contributed by atoms with Gasteiger partial charge in [0.25, 0.3) is 5.91 Å². The van der Waals surface area contributed by atoms with Crippen LogP contribution in [0, 0.1) is 0 Å². The molecule has 4 nitrogen and oxygen atoms in total. The van der Waals surface area contributed by atoms with Gasteiger partial charge in [0.2, 0.25) is 0 Å². The van der Waals surface area contributed by atoms with Gasteiger partial charge in [0.15, 0.2) is 0 Å². The Morgan fingerprint density at radius 3 is 2.36 bits per heavy atom. The van der Waals surface area contributed by atoms with Crippen molar-refractivity contribution in [2.45, 2.75) is 6.92 Å². The fraction of sp³-hybridized carbons (Fsp3) is 0.333. The number of carbonyl (C=O) groups excluding carboxylic acids is 1. The van der Waals surface area contributed by atoms with Crippen molar-refractivity contribution in [2.75, 3.05) is 7.05 Å². The molecule has 1 heterocycles. The van der Waals surface area contributed by atoms with Gasteiger partial charge in [-0.3, -0.25) is 4.79 Å². The van der Waals surface area contributed by atoms with E-state index in [1.165, 1.54) is 7.05 Å². The molecule has 54 valence electrons. The third-order valence-corrected chi connectivity index (χ3v) is 1.33. The maximum Gasteiger partial charge on any atom is 1.00 e. The first-order valence-corrected chi connectivity index (χ1v) is 2.82. The van der Waals surface area contributed by atoms with Gasteiger partial charge >= 0.3 is 29.6 Å². The Balaban J connectivity index is 0.000001000. The zero-order valence-electron chi connectivity index (χ0n) is 6.79. The van der Waals surface area contributed by atoms with Crippen LogP contribution in [-0.2, 0) is 4.79 Å². The molecular weight excluding hydrogens is 155 g/mol. The number of carbonyl (C=O) groups is 1. The molecule has 1 aliphatic rings. The molecule has 0 aromatic heterocycles. The maximum atomic E-state index is 10.9. The SMILES string of the molecule is CC1=NN(C)C(=O)/C1=C\[O-].[Na+]. The molecular formula is C6H7N2NaO2. The summed E-state index contributed by atoms with van der Waals surface area (Å²) in [6.45, 7) is 1.63. The Hall–Kier alpha value is -0.320. The molecule has 0 aromatic rings. The summed E-state index contributed by atoms with van der Waals surface area (Å²) in [6, 6.07) is 0. The van der Waals surface area contributed by atoms with Crippen molar-refractivity contribution in [2.24, 2.45) is 5.10 Å². The smallest absolute Gasteiger partial charge is 0.877 e. The molecule has 0 spiro atoms. The predicted molar refractivity (Wildman–Crippen MR) is 34.0 cm³/mol. The van der Waals surface area contributed by atoms with Gasteiger partial charge in [-0.15, -0.1) is 6.26 Å². The summed E-state index contributed by atoms with van der Waals surface area (Å²) in [6.07, 6.45) is 0.532. The number of hydrogen-bond acceptors (Lipinski definition) is 3. The van der Waals surface area contributed by atoms with E-state index in [1.54, 1.807) is 6.92 Å². The molecule has 0 bridgehead atoms. The van der Waals surface area contributed by atoms with E-state index < -0.39 is 0 Å². The summed E-state index contributed by atoms with van der Waals surface area (Å²) in [7, 11) is 1.52. The summed E-state index contributed by atoms with van der Waals surface area (Å²) < 4.78 is 0. The Morgan fingerprint density at radius 1 is 1.64 bits per heavy atom. The average molecular weight is 162 g/mol. The molecule has 0 atom stereocenters. The van der Waals surface area contributed by atoms with Gasteiger partial charge in [-0.05, 0) is 6.92 Å². The largest absolute Gasteiger partial charge is 1.00 e. The Morgan fingerprint density at radius 2 is 2.18 bits per heavy atom. The standard InChI is InChI=1S/C6H8N2O2.Na/c1-4-5(3-9)6(10)8(2)7-4;/h3,9H,1-2H3;/q;+1/p-1/b5-3-;. The van der Waals surface area contributed by atoms with E-state index in [9.17, 15) is 9.90 Å². The Labute approximate surface area is 86.9 Å². The first kappa shape index (κ1) is 10.7. The first-order chi connectivity index (χ1) is 4.66. The third kappa shape index (κ3) is 1.83. The normalized spacial score (nSPS) is 20.2. The molecule has 0 saturated carbocycles. The van der Waals surface area contributed by atoms with Gasteiger partial charge < -0.3 is 5.11 Å². The molecule has 0 saturated heterocycles. The van der Waals surface area contributed by atoms with Crippen LogP contribution in [0.2, 0.25) is 0 Å². The maximum absolute atomic E-state index is 10.9. The van der Waals surface area contributed by atoms with Crippen LogP contribution < -0.4 is 34.7 Å². The van der Waals surface area contributed by atoms with Gasteiger partial charge in [-0.1, -0.05) is 0 Å². The summed E-state index contributed by atoms with van der Waals surface area (Å²) in [5.41, 5.74) is 0.644. The van der Waals surface area contributed by atoms with E-state index >= 15 is 0 Å². The summed E-state index contributed by atoms with van der Waals surface area (Å²) in [5.74, 6) is -0.326. The first-order valence-electron chi connectivity index (χ1n) is 2.82. The second-order valence-corrected chi connectivity index (χ2v) is 2.05. The van der Waals surface area contributed by atoms with Crippen LogP contribution in [-0.4, -0.2) is 23.7 Å². The number of hydrazone groups is 1. The van der Waals surface area contributed by atoms with Crippen molar-refractivity contribution >= 4 is 11.6 Å². The van der Waals surface area contributed by atoms with Crippen molar-refractivity contribution < 1.29 is 39.5 Å². The summed E-state index contributed by atoms with van der Waals surface area (Å²) >= 11 is 0. The Kier molecular flexibility index (Phi) is 3.78. The quantitative estimate of drug-likeness (QED) is 0.207. The molecule has 0 fully saturated rings. The predicted octanol–water partition coefficient (Wildman–Crippen LogP) is -3.92. The summed E-state index contributed by atoms with van der Waals surface area (Å²) in [4.78, 5) is 10.9. The van der Waals surface area contributed by atoms with Crippen LogP contribution in [0.4, 0.5) is 0 Å². The molecule has 11 heavy (non-hydrogen) atoms. The van der Waals surface area contributed by atoms with Crippen molar-refractivity contribution in [3.63, 3.8) is 0 Å². The fourth-order valence-corrected chi connectivity index (χ4v) is 0.789. The van der Waals surface area contributed by atoms with Gasteiger partial charge in [0, 0.05) is 12.6 Å². The fourth-order valence-electron chi connectivity index (χ4n) is 0.789. The van der Waals surface area contributed by atoms with Crippen LogP contribution in [0.15, 0.2) is 16.9 Å². The van der Waals surface area contributed by atoms with Crippen LogP contribution in [0.1, 0.15) is 6.92 Å². The zero-order chi connectivity index (χ0) is 7.72. The van der Waals surface area contributed by atoms with Crippen molar-refractivity contribution in [1.82, 2.24) is 5.01 Å². The minimum atomic E-state index is -0.326. The van der Waals surface area contributed by atoms with E-state index in [0.717, 1.165) is 5.01 Å². The molecule has 0 unspecified atom stereocenters. The van der Waals surface area contributed by atoms with Crippen molar-refractivity contribution in [1.29, 1.82) is 0 Å². The van der Waals surface area contributed by atoms with E-state index in [1.807, 2.05) is 0 Å².